The molecule has 2 unspecified atom stereocenters. The van der Waals surface area contributed by atoms with Crippen molar-refractivity contribution in [3.05, 3.63) is 113 Å². The van der Waals surface area contributed by atoms with Crippen molar-refractivity contribution in [1.82, 2.24) is 20.0 Å². The predicted octanol–water partition coefficient (Wildman–Crippen LogP) is 7.55. The average molecular weight is 799 g/mol. The number of carboxylic acids is 1. The van der Waals surface area contributed by atoms with Gasteiger partial charge in [0.25, 0.3) is 5.91 Å². The first-order chi connectivity index (χ1) is 26.5. The summed E-state index contributed by atoms with van der Waals surface area (Å²) in [5, 5.41) is 15.0. The van der Waals surface area contributed by atoms with Crippen LogP contribution in [0.25, 0.3) is 0 Å². The molecule has 1 saturated carbocycles. The summed E-state index contributed by atoms with van der Waals surface area (Å²) in [6.07, 6.45) is 1.32. The number of benzene rings is 3. The highest BCUT2D eigenvalue weighted by atomic mass is 31.2. The summed E-state index contributed by atoms with van der Waals surface area (Å²) in [7, 11) is -4.60. The Labute approximate surface area is 320 Å². The van der Waals surface area contributed by atoms with Crippen LogP contribution in [0, 0.1) is 25.6 Å². The van der Waals surface area contributed by atoms with E-state index >= 15 is 4.39 Å². The Hall–Kier alpha value is -5.05. The molecule has 17 heteroatoms. The first-order valence-electron chi connectivity index (χ1n) is 18.3. The molecule has 2 amide bonds. The zero-order valence-corrected chi connectivity index (χ0v) is 31.6. The summed E-state index contributed by atoms with van der Waals surface area (Å²) in [5.74, 6) is -4.40. The van der Waals surface area contributed by atoms with Gasteiger partial charge >= 0.3 is 19.8 Å². The molecule has 4 atom stereocenters. The molecule has 56 heavy (non-hydrogen) atoms. The lowest BCUT2D eigenvalue weighted by Crippen LogP contribution is -2.47. The van der Waals surface area contributed by atoms with Gasteiger partial charge in [0.2, 0.25) is 5.91 Å². The maximum absolute atomic E-state index is 15.2. The standard InChI is InChI=1S/C39H43F4N6O6P/c1-23-12-15-26(19-31(23)39(41,42)43)46-36(50)30-10-6-18-48(37(51)34-24(2)7-5-11-32(34)40)35(30)25-13-16-29(17-14-25)49(28-8-3-4-9-28)56(54,55)47-33(38(52)53)20-27-21-44-22-45-27/h5,7,11-17,19,21-22,28,30,33,35H,3-4,6,8-10,18,20H2,1-2H3,(H,44,45)(H,46,50)(H,52,53)(H2,47,54,55)/t30-,33?,35-/m0/s1. The number of carbonyl (C=O) groups is 3. The van der Waals surface area contributed by atoms with Crippen LogP contribution >= 0.6 is 7.67 Å². The number of nitrogens with one attached hydrogen (secondary N) is 3. The monoisotopic (exact) mass is 798 g/mol. The molecule has 3 aromatic carbocycles. The summed E-state index contributed by atoms with van der Waals surface area (Å²) < 4.78 is 72.0. The normalized spacial score (nSPS) is 19.3. The molecule has 6 rings (SSSR count). The quantitative estimate of drug-likeness (QED) is 0.0718. The molecule has 2 aliphatic rings. The third-order valence-electron chi connectivity index (χ3n) is 10.5. The molecule has 1 aliphatic carbocycles. The zero-order chi connectivity index (χ0) is 40.4. The van der Waals surface area contributed by atoms with Gasteiger partial charge < -0.3 is 25.2 Å². The van der Waals surface area contributed by atoms with Crippen LogP contribution in [-0.2, 0) is 26.8 Å². The number of rotatable bonds is 12. The molecule has 0 bridgehead atoms. The topological polar surface area (TPSA) is 168 Å². The molecule has 5 N–H and O–H groups in total. The molecular formula is C39H43F4N6O6P. The SMILES string of the molecule is Cc1ccc(NC(=O)[C@H]2CCCN(C(=O)c3c(C)cccc3F)[C@H]2c2ccc(N(C3CCCC3)P(=O)(O)NC(Cc3c[nH]cn3)C(=O)O)cc2)cc1C(F)(F)F. The summed E-state index contributed by atoms with van der Waals surface area (Å²) in [6, 6.07) is 11.1. The molecule has 2 fully saturated rings. The zero-order valence-electron chi connectivity index (χ0n) is 30.7. The summed E-state index contributed by atoms with van der Waals surface area (Å²) in [5.41, 5.74) is 0.268. The van der Waals surface area contributed by atoms with Crippen LogP contribution in [0.2, 0.25) is 0 Å². The number of aromatic nitrogens is 2. The Bertz CT molecular complexity index is 2090. The molecule has 0 spiro atoms. The Balaban J connectivity index is 1.36. The number of imidazole rings is 1. The number of halogens is 4. The molecule has 1 saturated heterocycles. The lowest BCUT2D eigenvalue weighted by Gasteiger charge is -2.41. The summed E-state index contributed by atoms with van der Waals surface area (Å²) >= 11 is 0. The second-order valence-corrected chi connectivity index (χ2v) is 16.1. The van der Waals surface area contributed by atoms with Crippen LogP contribution in [-0.4, -0.2) is 61.3 Å². The molecular weight excluding hydrogens is 755 g/mol. The molecule has 0 radical (unpaired) electrons. The van der Waals surface area contributed by atoms with E-state index in [2.05, 4.69) is 20.4 Å². The second kappa shape index (κ2) is 16.6. The number of hydrogen-bond donors (Lipinski definition) is 5. The van der Waals surface area contributed by atoms with Crippen LogP contribution < -0.4 is 15.1 Å². The molecule has 1 aromatic heterocycles. The number of aryl methyl sites for hydroxylation is 2. The van der Waals surface area contributed by atoms with Gasteiger partial charge in [-0.3, -0.25) is 19.1 Å². The van der Waals surface area contributed by atoms with E-state index in [0.717, 1.165) is 25.0 Å². The predicted molar refractivity (Wildman–Crippen MR) is 200 cm³/mol. The van der Waals surface area contributed by atoms with Crippen molar-refractivity contribution >= 4 is 36.8 Å². The van der Waals surface area contributed by atoms with Crippen LogP contribution in [0.5, 0.6) is 0 Å². The highest BCUT2D eigenvalue weighted by Gasteiger charge is 2.43. The number of piperidine rings is 1. The van der Waals surface area contributed by atoms with Gasteiger partial charge in [-0.15, -0.1) is 0 Å². The number of likely N-dealkylation sites (tertiary alicyclic amines) is 1. The van der Waals surface area contributed by atoms with Crippen LogP contribution in [0.15, 0.2) is 73.2 Å². The summed E-state index contributed by atoms with van der Waals surface area (Å²) in [4.78, 5) is 60.2. The number of carboxylic acid groups (broad SMARTS) is 1. The minimum absolute atomic E-state index is 0.0198. The summed E-state index contributed by atoms with van der Waals surface area (Å²) in [6.45, 7) is 3.04. The number of carbonyl (C=O) groups excluding carboxylic acids is 2. The number of nitrogens with zero attached hydrogens (tertiary/aromatic N) is 3. The number of hydrogen-bond acceptors (Lipinski definition) is 5. The fourth-order valence-electron chi connectivity index (χ4n) is 7.82. The van der Waals surface area contributed by atoms with Crippen LogP contribution in [0.3, 0.4) is 0 Å². The van der Waals surface area contributed by atoms with E-state index in [0.29, 0.717) is 36.1 Å². The third-order valence-corrected chi connectivity index (χ3v) is 12.3. The Morgan fingerprint density at radius 3 is 2.36 bits per heavy atom. The van der Waals surface area contributed by atoms with Crippen LogP contribution in [0.4, 0.5) is 28.9 Å². The number of alkyl halides is 3. The molecule has 1 aliphatic heterocycles. The Morgan fingerprint density at radius 1 is 1.02 bits per heavy atom. The van der Waals surface area contributed by atoms with Crippen molar-refractivity contribution in [2.75, 3.05) is 16.5 Å². The van der Waals surface area contributed by atoms with Gasteiger partial charge in [-0.2, -0.15) is 13.2 Å². The van der Waals surface area contributed by atoms with E-state index in [-0.39, 0.29) is 41.9 Å². The maximum atomic E-state index is 15.2. The van der Waals surface area contributed by atoms with Gasteiger partial charge in [-0.1, -0.05) is 43.2 Å². The van der Waals surface area contributed by atoms with Crippen molar-refractivity contribution in [1.29, 1.82) is 0 Å². The Morgan fingerprint density at radius 2 is 1.73 bits per heavy atom. The fraction of sp³-hybridized carbons (Fsp3) is 0.385. The average Bonchev–Trinajstić information content (AvgIpc) is 3.87. The third kappa shape index (κ3) is 8.82. The number of anilines is 2. The second-order valence-electron chi connectivity index (χ2n) is 14.3. The molecule has 4 aromatic rings. The van der Waals surface area contributed by atoms with Crippen molar-refractivity contribution < 1.29 is 46.5 Å². The molecule has 12 nitrogen and oxygen atoms in total. The largest absolute Gasteiger partial charge is 0.480 e. The van der Waals surface area contributed by atoms with E-state index in [9.17, 15) is 42.1 Å². The fourth-order valence-corrected chi connectivity index (χ4v) is 9.68. The van der Waals surface area contributed by atoms with E-state index in [1.165, 1.54) is 47.2 Å². The highest BCUT2D eigenvalue weighted by Crippen LogP contribution is 2.50. The van der Waals surface area contributed by atoms with E-state index in [4.69, 9.17) is 0 Å². The van der Waals surface area contributed by atoms with Crippen molar-refractivity contribution in [2.45, 2.75) is 83.1 Å². The number of aliphatic carboxylic acids is 1. The number of H-pyrrole nitrogens is 1. The van der Waals surface area contributed by atoms with E-state index in [1.807, 2.05) is 0 Å². The minimum Gasteiger partial charge on any atom is -0.480 e. The lowest BCUT2D eigenvalue weighted by atomic mass is 9.83. The van der Waals surface area contributed by atoms with E-state index < -0.39 is 67.1 Å². The molecule has 298 valence electrons. The molecule has 2 heterocycles. The van der Waals surface area contributed by atoms with Gasteiger partial charge in [0.05, 0.1) is 35.1 Å². The smallest absolute Gasteiger partial charge is 0.416 e. The van der Waals surface area contributed by atoms with Crippen molar-refractivity contribution in [2.24, 2.45) is 5.92 Å². The highest BCUT2D eigenvalue weighted by molar-refractivity contribution is 7.57. The van der Waals surface area contributed by atoms with Crippen LogP contribution in [0.1, 0.15) is 82.9 Å². The first kappa shape index (κ1) is 40.6. The van der Waals surface area contributed by atoms with Crippen molar-refractivity contribution in [3.8, 4) is 0 Å². The maximum Gasteiger partial charge on any atom is 0.416 e. The van der Waals surface area contributed by atoms with Gasteiger partial charge in [-0.05, 0) is 86.6 Å². The first-order valence-corrected chi connectivity index (χ1v) is 19.9. The van der Waals surface area contributed by atoms with E-state index in [1.54, 1.807) is 37.3 Å². The van der Waals surface area contributed by atoms with Crippen molar-refractivity contribution in [3.63, 3.8) is 0 Å². The van der Waals surface area contributed by atoms with Gasteiger partial charge in [0.1, 0.15) is 11.9 Å². The van der Waals surface area contributed by atoms with Gasteiger partial charge in [-0.25, -0.2) is 19.0 Å². The Kier molecular flexibility index (Phi) is 12.0. The van der Waals surface area contributed by atoms with Gasteiger partial charge in [0.15, 0.2) is 0 Å². The number of aromatic amines is 1. The van der Waals surface area contributed by atoms with Gasteiger partial charge in [0, 0.05) is 36.6 Å². The lowest BCUT2D eigenvalue weighted by molar-refractivity contribution is -0.139. The number of amides is 2. The minimum atomic E-state index is -4.66.